The van der Waals surface area contributed by atoms with Crippen LogP contribution in [-0.4, -0.2) is 36.3 Å². The number of sulfonamides is 1. The van der Waals surface area contributed by atoms with Crippen molar-refractivity contribution < 1.29 is 13.2 Å². The van der Waals surface area contributed by atoms with Crippen molar-refractivity contribution in [3.05, 3.63) is 108 Å². The zero-order chi connectivity index (χ0) is 26.7. The van der Waals surface area contributed by atoms with E-state index in [2.05, 4.69) is 28.9 Å². The lowest BCUT2D eigenvalue weighted by Crippen LogP contribution is -2.39. The van der Waals surface area contributed by atoms with Gasteiger partial charge in [0, 0.05) is 40.6 Å². The number of rotatable bonds is 9. The van der Waals surface area contributed by atoms with Crippen molar-refractivity contribution in [2.24, 2.45) is 0 Å². The van der Waals surface area contributed by atoms with Crippen LogP contribution in [-0.2, 0) is 27.8 Å². The van der Waals surface area contributed by atoms with Gasteiger partial charge < -0.3 is 9.88 Å². The first-order valence-corrected chi connectivity index (χ1v) is 14.2. The van der Waals surface area contributed by atoms with Gasteiger partial charge in [0.05, 0.1) is 11.4 Å². The summed E-state index contributed by atoms with van der Waals surface area (Å²) in [6, 6.07) is 30.4. The molecule has 6 nitrogen and oxygen atoms in total. The van der Waals surface area contributed by atoms with Crippen LogP contribution in [0.3, 0.4) is 0 Å². The van der Waals surface area contributed by atoms with E-state index in [0.29, 0.717) is 12.1 Å². The molecule has 7 heteroatoms. The van der Waals surface area contributed by atoms with Crippen LogP contribution in [0.5, 0.6) is 0 Å². The van der Waals surface area contributed by atoms with Crippen LogP contribution in [0.2, 0.25) is 0 Å². The molecule has 1 heterocycles. The summed E-state index contributed by atoms with van der Waals surface area (Å²) in [6.45, 7) is 4.77. The first-order valence-electron chi connectivity index (χ1n) is 12.8. The van der Waals surface area contributed by atoms with Crippen LogP contribution in [0.15, 0.2) is 102 Å². The normalized spacial score (nSPS) is 11.9. The van der Waals surface area contributed by atoms with Gasteiger partial charge in [0.25, 0.3) is 0 Å². The molecule has 5 rings (SSSR count). The number of amides is 1. The fourth-order valence-corrected chi connectivity index (χ4v) is 6.27. The quantitative estimate of drug-likeness (QED) is 0.257. The Morgan fingerprint density at radius 2 is 1.53 bits per heavy atom. The SMILES string of the molecule is CCn1c2ccccc2c2cc(NC(=O)CN(CCc3ccccc3)S(=O)(=O)c3ccc(C)cc3)ccc21. The number of anilines is 1. The maximum absolute atomic E-state index is 13.6. The maximum atomic E-state index is 13.6. The van der Waals surface area contributed by atoms with Crippen LogP contribution in [0.25, 0.3) is 21.8 Å². The maximum Gasteiger partial charge on any atom is 0.243 e. The molecule has 0 saturated heterocycles. The molecule has 38 heavy (non-hydrogen) atoms. The Morgan fingerprint density at radius 3 is 2.26 bits per heavy atom. The van der Waals surface area contributed by atoms with Crippen molar-refractivity contribution >= 4 is 43.4 Å². The van der Waals surface area contributed by atoms with E-state index in [9.17, 15) is 13.2 Å². The lowest BCUT2D eigenvalue weighted by atomic mass is 10.1. The zero-order valence-corrected chi connectivity index (χ0v) is 22.4. The number of carbonyl (C=O) groups excluding carboxylic acids is 1. The molecular weight excluding hydrogens is 494 g/mol. The number of carbonyl (C=O) groups is 1. The van der Waals surface area contributed by atoms with Crippen LogP contribution < -0.4 is 5.32 Å². The molecule has 4 aromatic carbocycles. The second-order valence-corrected chi connectivity index (χ2v) is 11.4. The molecule has 0 spiro atoms. The van der Waals surface area contributed by atoms with E-state index < -0.39 is 10.0 Å². The zero-order valence-electron chi connectivity index (χ0n) is 21.6. The Hall–Kier alpha value is -3.94. The third-order valence-corrected chi connectivity index (χ3v) is 8.70. The summed E-state index contributed by atoms with van der Waals surface area (Å²) < 4.78 is 30.6. The second kappa shape index (κ2) is 10.8. The Kier molecular flexibility index (Phi) is 7.31. The molecule has 0 aliphatic carbocycles. The summed E-state index contributed by atoms with van der Waals surface area (Å²) in [7, 11) is -3.87. The highest BCUT2D eigenvalue weighted by Crippen LogP contribution is 2.31. The average molecular weight is 526 g/mol. The molecule has 194 valence electrons. The number of hydrogen-bond donors (Lipinski definition) is 1. The first kappa shape index (κ1) is 25.7. The predicted octanol–water partition coefficient (Wildman–Crippen LogP) is 5.99. The largest absolute Gasteiger partial charge is 0.341 e. The van der Waals surface area contributed by atoms with Crippen molar-refractivity contribution in [2.45, 2.75) is 31.7 Å². The molecule has 0 fully saturated rings. The van der Waals surface area contributed by atoms with E-state index in [4.69, 9.17) is 0 Å². The lowest BCUT2D eigenvalue weighted by Gasteiger charge is -2.22. The fraction of sp³-hybridized carbons (Fsp3) is 0.194. The molecule has 1 amide bonds. The molecule has 0 atom stereocenters. The van der Waals surface area contributed by atoms with Gasteiger partial charge in [-0.05, 0) is 62.2 Å². The van der Waals surface area contributed by atoms with Crippen LogP contribution in [0.4, 0.5) is 5.69 Å². The van der Waals surface area contributed by atoms with Gasteiger partial charge in [0.15, 0.2) is 0 Å². The molecule has 0 saturated carbocycles. The van der Waals surface area contributed by atoms with E-state index in [1.165, 1.54) is 4.31 Å². The highest BCUT2D eigenvalue weighted by molar-refractivity contribution is 7.89. The van der Waals surface area contributed by atoms with Crippen molar-refractivity contribution in [3.8, 4) is 0 Å². The number of hydrogen-bond acceptors (Lipinski definition) is 3. The van der Waals surface area contributed by atoms with Crippen molar-refractivity contribution in [3.63, 3.8) is 0 Å². The molecule has 0 aliphatic rings. The Bertz CT molecular complexity index is 1690. The highest BCUT2D eigenvalue weighted by Gasteiger charge is 2.26. The number of aryl methyl sites for hydroxylation is 2. The summed E-state index contributed by atoms with van der Waals surface area (Å²) >= 11 is 0. The van der Waals surface area contributed by atoms with Gasteiger partial charge in [-0.15, -0.1) is 0 Å². The predicted molar refractivity (Wildman–Crippen MR) is 154 cm³/mol. The first-order chi connectivity index (χ1) is 18.4. The third kappa shape index (κ3) is 5.21. The topological polar surface area (TPSA) is 71.4 Å². The fourth-order valence-electron chi connectivity index (χ4n) is 4.87. The third-order valence-electron chi connectivity index (χ3n) is 6.84. The Labute approximate surface area is 223 Å². The lowest BCUT2D eigenvalue weighted by molar-refractivity contribution is -0.116. The Balaban J connectivity index is 1.41. The van der Waals surface area contributed by atoms with E-state index in [-0.39, 0.29) is 23.9 Å². The average Bonchev–Trinajstić information content (AvgIpc) is 3.24. The standard InChI is InChI=1S/C31H31N3O3S/c1-3-34-29-12-8-7-11-27(29)28-21-25(15-18-30(28)34)32-31(35)22-33(20-19-24-9-5-4-6-10-24)38(36,37)26-16-13-23(2)14-17-26/h4-18,21H,3,19-20,22H2,1-2H3,(H,32,35). The summed E-state index contributed by atoms with van der Waals surface area (Å²) in [5.74, 6) is -0.382. The van der Waals surface area contributed by atoms with E-state index >= 15 is 0 Å². The van der Waals surface area contributed by atoms with Crippen LogP contribution in [0.1, 0.15) is 18.1 Å². The number of fused-ring (bicyclic) bond motifs is 3. The van der Waals surface area contributed by atoms with E-state index in [1.54, 1.807) is 24.3 Å². The van der Waals surface area contributed by atoms with Gasteiger partial charge in [-0.1, -0.05) is 66.2 Å². The molecule has 0 aliphatic heterocycles. The summed E-state index contributed by atoms with van der Waals surface area (Å²) in [5, 5.41) is 5.10. The Morgan fingerprint density at radius 1 is 0.842 bits per heavy atom. The van der Waals surface area contributed by atoms with Gasteiger partial charge >= 0.3 is 0 Å². The highest BCUT2D eigenvalue weighted by atomic mass is 32.2. The van der Waals surface area contributed by atoms with Crippen LogP contribution >= 0.6 is 0 Å². The number of nitrogens with zero attached hydrogens (tertiary/aromatic N) is 2. The van der Waals surface area contributed by atoms with Gasteiger partial charge in [-0.3, -0.25) is 4.79 Å². The summed E-state index contributed by atoms with van der Waals surface area (Å²) in [6.07, 6.45) is 0.502. The van der Waals surface area contributed by atoms with Crippen molar-refractivity contribution in [1.29, 1.82) is 0 Å². The molecule has 1 N–H and O–H groups in total. The van der Waals surface area contributed by atoms with Crippen LogP contribution in [0, 0.1) is 6.92 Å². The molecule has 0 unspecified atom stereocenters. The second-order valence-electron chi connectivity index (χ2n) is 9.43. The minimum Gasteiger partial charge on any atom is -0.341 e. The van der Waals surface area contributed by atoms with Gasteiger partial charge in [0.1, 0.15) is 0 Å². The minimum absolute atomic E-state index is 0.178. The van der Waals surface area contributed by atoms with Crippen molar-refractivity contribution in [2.75, 3.05) is 18.4 Å². The molecule has 0 bridgehead atoms. The van der Waals surface area contributed by atoms with E-state index in [1.807, 2.05) is 67.6 Å². The number of benzene rings is 4. The number of para-hydroxylation sites is 1. The summed E-state index contributed by atoms with van der Waals surface area (Å²) in [5.41, 5.74) is 4.85. The minimum atomic E-state index is -3.87. The number of nitrogens with one attached hydrogen (secondary N) is 1. The summed E-state index contributed by atoms with van der Waals surface area (Å²) in [4.78, 5) is 13.4. The van der Waals surface area contributed by atoms with Gasteiger partial charge in [-0.25, -0.2) is 8.42 Å². The molecule has 5 aromatic rings. The molecule has 0 radical (unpaired) electrons. The monoisotopic (exact) mass is 525 g/mol. The molecular formula is C31H31N3O3S. The van der Waals surface area contributed by atoms with Crippen molar-refractivity contribution in [1.82, 2.24) is 8.87 Å². The molecule has 1 aromatic heterocycles. The van der Waals surface area contributed by atoms with Gasteiger partial charge in [0.2, 0.25) is 15.9 Å². The smallest absolute Gasteiger partial charge is 0.243 e. The van der Waals surface area contributed by atoms with E-state index in [0.717, 1.165) is 39.5 Å². The number of aromatic nitrogens is 1. The van der Waals surface area contributed by atoms with Gasteiger partial charge in [-0.2, -0.15) is 4.31 Å².